The fourth-order valence-electron chi connectivity index (χ4n) is 3.53. The number of hydrogen-bond donors (Lipinski definition) is 0. The number of carbonyl (C=O) groups is 1. The minimum absolute atomic E-state index is 0.0790. The van der Waals surface area contributed by atoms with Crippen molar-refractivity contribution in [3.63, 3.8) is 0 Å². The van der Waals surface area contributed by atoms with E-state index in [1.54, 1.807) is 38.5 Å². The van der Waals surface area contributed by atoms with Gasteiger partial charge in [0.15, 0.2) is 0 Å². The number of carbonyl (C=O) groups excluding carboxylic acids is 1. The Bertz CT molecular complexity index is 1340. The Morgan fingerprint density at radius 2 is 1.97 bits per heavy atom. The maximum absolute atomic E-state index is 13.4. The van der Waals surface area contributed by atoms with Gasteiger partial charge in [-0.1, -0.05) is 17.7 Å². The molecule has 7 nitrogen and oxygen atoms in total. The topological polar surface area (TPSA) is 73.0 Å². The molecule has 4 rings (SSSR count). The van der Waals surface area contributed by atoms with Gasteiger partial charge in [-0.2, -0.15) is 9.78 Å². The Morgan fingerprint density at radius 1 is 1.21 bits per heavy atom. The smallest absolute Gasteiger partial charge is 0.296 e. The van der Waals surface area contributed by atoms with Crippen molar-refractivity contribution in [3.05, 3.63) is 63.3 Å². The van der Waals surface area contributed by atoms with Crippen LogP contribution in [0.3, 0.4) is 0 Å². The van der Waals surface area contributed by atoms with E-state index in [0.29, 0.717) is 27.3 Å². The van der Waals surface area contributed by atoms with Crippen LogP contribution in [0.15, 0.2) is 41.3 Å². The van der Waals surface area contributed by atoms with Gasteiger partial charge in [-0.25, -0.2) is 0 Å². The van der Waals surface area contributed by atoms with E-state index < -0.39 is 0 Å². The zero-order chi connectivity index (χ0) is 20.9. The second kappa shape index (κ2) is 7.00. The van der Waals surface area contributed by atoms with Crippen LogP contribution in [0, 0.1) is 6.92 Å². The van der Waals surface area contributed by atoms with E-state index in [1.807, 2.05) is 30.7 Å². The average Bonchev–Trinajstić information content (AvgIpc) is 2.96. The van der Waals surface area contributed by atoms with Gasteiger partial charge in [0.2, 0.25) is 5.91 Å². The molecular weight excluding hydrogens is 390 g/mol. The first-order valence-electron chi connectivity index (χ1n) is 9.11. The molecule has 3 aromatic heterocycles. The van der Waals surface area contributed by atoms with Gasteiger partial charge in [-0.15, -0.1) is 0 Å². The van der Waals surface area contributed by atoms with Crippen molar-refractivity contribution in [2.45, 2.75) is 13.3 Å². The quantitative estimate of drug-likeness (QED) is 0.521. The molecule has 0 saturated heterocycles. The van der Waals surface area contributed by atoms with E-state index in [2.05, 4.69) is 10.1 Å². The number of aromatic nitrogens is 4. The number of amides is 1. The summed E-state index contributed by atoms with van der Waals surface area (Å²) in [5.41, 5.74) is 2.95. The molecule has 1 aromatic carbocycles. The SMILES string of the molecule is Cc1cc(-n2nc(CC(=O)N(C)C)c3c4ccc(Cl)cc4n(C)c3c2=O)ccn1. The summed E-state index contributed by atoms with van der Waals surface area (Å²) in [6, 6.07) is 8.97. The molecule has 148 valence electrons. The van der Waals surface area contributed by atoms with E-state index in [4.69, 9.17) is 11.6 Å². The Balaban J connectivity index is 2.13. The number of benzene rings is 1. The molecule has 0 unspecified atom stereocenters. The number of aryl methyl sites for hydroxylation is 2. The molecular formula is C21H20ClN5O2. The van der Waals surface area contributed by atoms with Crippen LogP contribution in [0.1, 0.15) is 11.4 Å². The standard InChI is InChI=1S/C21H20ClN5O2/c1-12-9-14(7-8-23-12)27-21(29)20-19(16(24-27)11-18(28)25(2)3)15-6-5-13(22)10-17(15)26(20)4/h5-10H,11H2,1-4H3. The van der Waals surface area contributed by atoms with Crippen molar-refractivity contribution >= 4 is 39.3 Å². The van der Waals surface area contributed by atoms with Crippen LogP contribution in [0.5, 0.6) is 0 Å². The first-order chi connectivity index (χ1) is 13.8. The Kier molecular flexibility index (Phi) is 4.62. The Morgan fingerprint density at radius 3 is 2.66 bits per heavy atom. The van der Waals surface area contributed by atoms with E-state index in [9.17, 15) is 9.59 Å². The van der Waals surface area contributed by atoms with Gasteiger partial charge in [-0.3, -0.25) is 14.6 Å². The van der Waals surface area contributed by atoms with Crippen LogP contribution in [0.25, 0.3) is 27.5 Å². The van der Waals surface area contributed by atoms with Gasteiger partial charge in [0, 0.05) is 48.8 Å². The highest BCUT2D eigenvalue weighted by molar-refractivity contribution is 6.31. The number of pyridine rings is 1. The lowest BCUT2D eigenvalue weighted by atomic mass is 10.1. The van der Waals surface area contributed by atoms with Crippen LogP contribution >= 0.6 is 11.6 Å². The van der Waals surface area contributed by atoms with Crippen molar-refractivity contribution in [2.75, 3.05) is 14.1 Å². The summed E-state index contributed by atoms with van der Waals surface area (Å²) in [4.78, 5) is 31.6. The maximum Gasteiger partial charge on any atom is 0.296 e. The van der Waals surface area contributed by atoms with Crippen molar-refractivity contribution < 1.29 is 4.79 Å². The fraction of sp³-hybridized carbons (Fsp3) is 0.238. The van der Waals surface area contributed by atoms with Crippen molar-refractivity contribution in [3.8, 4) is 5.69 Å². The first kappa shape index (κ1) is 19.1. The summed E-state index contributed by atoms with van der Waals surface area (Å²) < 4.78 is 3.16. The predicted molar refractivity (Wildman–Crippen MR) is 114 cm³/mol. The third-order valence-corrected chi connectivity index (χ3v) is 5.24. The summed E-state index contributed by atoms with van der Waals surface area (Å²) >= 11 is 6.19. The number of halogens is 1. The first-order valence-corrected chi connectivity index (χ1v) is 9.48. The summed E-state index contributed by atoms with van der Waals surface area (Å²) in [5, 5.41) is 6.70. The Hall–Kier alpha value is -3.19. The molecule has 0 N–H and O–H groups in total. The molecule has 0 saturated carbocycles. The minimum atomic E-state index is -0.263. The number of likely N-dealkylation sites (N-methyl/N-ethyl adjacent to an activating group) is 1. The van der Waals surface area contributed by atoms with E-state index in [1.165, 1.54) is 9.58 Å². The molecule has 0 spiro atoms. The normalized spacial score (nSPS) is 11.3. The van der Waals surface area contributed by atoms with E-state index in [-0.39, 0.29) is 17.9 Å². The molecule has 0 fully saturated rings. The number of rotatable bonds is 3. The largest absolute Gasteiger partial charge is 0.348 e. The molecule has 8 heteroatoms. The highest BCUT2D eigenvalue weighted by Gasteiger charge is 2.21. The molecule has 0 aliphatic heterocycles. The van der Waals surface area contributed by atoms with Gasteiger partial charge in [0.05, 0.1) is 23.3 Å². The van der Waals surface area contributed by atoms with Crippen LogP contribution < -0.4 is 5.56 Å². The second-order valence-corrected chi connectivity index (χ2v) is 7.66. The maximum atomic E-state index is 13.4. The predicted octanol–water partition coefficient (Wildman–Crippen LogP) is 2.86. The summed E-state index contributed by atoms with van der Waals surface area (Å²) in [6.45, 7) is 1.85. The molecule has 0 aliphatic rings. The number of fused-ring (bicyclic) bond motifs is 3. The summed E-state index contributed by atoms with van der Waals surface area (Å²) in [6.07, 6.45) is 1.71. The van der Waals surface area contributed by atoms with Gasteiger partial charge < -0.3 is 9.47 Å². The lowest BCUT2D eigenvalue weighted by Gasteiger charge is -2.13. The van der Waals surface area contributed by atoms with Crippen molar-refractivity contribution in [1.29, 1.82) is 0 Å². The third kappa shape index (κ3) is 3.17. The van der Waals surface area contributed by atoms with Crippen molar-refractivity contribution in [1.82, 2.24) is 24.2 Å². The lowest BCUT2D eigenvalue weighted by Crippen LogP contribution is -2.28. The summed E-state index contributed by atoms with van der Waals surface area (Å²) in [5.74, 6) is -0.0964. The molecule has 3 heterocycles. The summed E-state index contributed by atoms with van der Waals surface area (Å²) in [7, 11) is 5.22. The lowest BCUT2D eigenvalue weighted by molar-refractivity contribution is -0.128. The number of nitrogens with zero attached hydrogens (tertiary/aromatic N) is 5. The zero-order valence-corrected chi connectivity index (χ0v) is 17.4. The minimum Gasteiger partial charge on any atom is -0.348 e. The van der Waals surface area contributed by atoms with Gasteiger partial charge >= 0.3 is 0 Å². The molecule has 1 amide bonds. The Labute approximate surface area is 172 Å². The van der Waals surface area contributed by atoms with Gasteiger partial charge in [-0.05, 0) is 31.2 Å². The third-order valence-electron chi connectivity index (χ3n) is 5.01. The fourth-order valence-corrected chi connectivity index (χ4v) is 3.70. The van der Waals surface area contributed by atoms with Crippen molar-refractivity contribution in [2.24, 2.45) is 7.05 Å². The second-order valence-electron chi connectivity index (χ2n) is 7.23. The van der Waals surface area contributed by atoms with Crippen LogP contribution in [-0.2, 0) is 18.3 Å². The molecule has 29 heavy (non-hydrogen) atoms. The van der Waals surface area contributed by atoms with Gasteiger partial charge in [0.25, 0.3) is 5.56 Å². The molecule has 4 aromatic rings. The zero-order valence-electron chi connectivity index (χ0n) is 16.6. The molecule has 0 aliphatic carbocycles. The molecule has 0 atom stereocenters. The highest BCUT2D eigenvalue weighted by atomic mass is 35.5. The number of hydrogen-bond acceptors (Lipinski definition) is 4. The average molecular weight is 410 g/mol. The molecule has 0 radical (unpaired) electrons. The van der Waals surface area contributed by atoms with Gasteiger partial charge in [0.1, 0.15) is 5.52 Å². The van der Waals surface area contributed by atoms with E-state index >= 15 is 0 Å². The van der Waals surface area contributed by atoms with Crippen LogP contribution in [-0.4, -0.2) is 44.2 Å². The van der Waals surface area contributed by atoms with Crippen LogP contribution in [0.2, 0.25) is 5.02 Å². The van der Waals surface area contributed by atoms with Crippen LogP contribution in [0.4, 0.5) is 0 Å². The highest BCUT2D eigenvalue weighted by Crippen LogP contribution is 2.30. The molecule has 0 bridgehead atoms. The van der Waals surface area contributed by atoms with E-state index in [0.717, 1.165) is 16.6 Å². The monoisotopic (exact) mass is 409 g/mol.